The van der Waals surface area contributed by atoms with Gasteiger partial charge in [-0.25, -0.2) is 12.8 Å². The Labute approximate surface area is 216 Å². The molecule has 2 aromatic carbocycles. The summed E-state index contributed by atoms with van der Waals surface area (Å²) in [6.45, 7) is 0.307. The van der Waals surface area contributed by atoms with E-state index in [-0.39, 0.29) is 11.4 Å². The number of benzene rings is 2. The predicted molar refractivity (Wildman–Crippen MR) is 131 cm³/mol. The van der Waals surface area contributed by atoms with Crippen LogP contribution in [-0.2, 0) is 20.8 Å². The number of halogens is 4. The number of pyridine rings is 1. The zero-order valence-corrected chi connectivity index (χ0v) is 21.3. The minimum Gasteiger partial charge on any atom is -0.496 e. The van der Waals surface area contributed by atoms with Gasteiger partial charge in [0.1, 0.15) is 17.8 Å². The van der Waals surface area contributed by atoms with Crippen molar-refractivity contribution in [2.24, 2.45) is 0 Å². The van der Waals surface area contributed by atoms with Crippen LogP contribution in [0.5, 0.6) is 5.75 Å². The Morgan fingerprint density at radius 2 is 1.87 bits per heavy atom. The Balaban J connectivity index is 1.93. The van der Waals surface area contributed by atoms with E-state index in [9.17, 15) is 30.8 Å². The fourth-order valence-electron chi connectivity index (χ4n) is 4.26. The Morgan fingerprint density at radius 3 is 2.50 bits per heavy atom. The number of ether oxygens (including phenoxy) is 2. The third kappa shape index (κ3) is 5.81. The van der Waals surface area contributed by atoms with Crippen LogP contribution in [0.25, 0.3) is 11.1 Å². The van der Waals surface area contributed by atoms with E-state index >= 15 is 0 Å². The van der Waals surface area contributed by atoms with Gasteiger partial charge in [0, 0.05) is 41.8 Å². The number of amides is 1. The molecule has 7 nitrogen and oxygen atoms in total. The van der Waals surface area contributed by atoms with Gasteiger partial charge in [0.15, 0.2) is 9.84 Å². The number of methoxy groups -OCH3 is 1. The molecule has 0 bridgehead atoms. The molecule has 1 amide bonds. The van der Waals surface area contributed by atoms with Crippen LogP contribution >= 0.6 is 0 Å². The minimum absolute atomic E-state index is 0.160. The molecule has 1 unspecified atom stereocenters. The molecule has 3 aromatic rings. The highest BCUT2D eigenvalue weighted by Crippen LogP contribution is 2.40. The average molecular weight is 553 g/mol. The minimum atomic E-state index is -4.90. The van der Waals surface area contributed by atoms with Gasteiger partial charge in [-0.2, -0.15) is 13.2 Å². The molecule has 1 aromatic heterocycles. The Kier molecular flexibility index (Phi) is 7.75. The lowest BCUT2D eigenvalue weighted by atomic mass is 10.0. The summed E-state index contributed by atoms with van der Waals surface area (Å²) in [5.74, 6) is -1.31. The molecule has 1 saturated heterocycles. The van der Waals surface area contributed by atoms with E-state index in [1.54, 1.807) is 6.07 Å². The Bertz CT molecular complexity index is 1450. The van der Waals surface area contributed by atoms with E-state index in [2.05, 4.69) is 4.98 Å². The fourth-order valence-corrected chi connectivity index (χ4v) is 4.94. The SMILES string of the molecule is COc1cc(F)ccc1-c1ccncc1N(C(=O)c1cc(C(F)(F)F)cc(S(C)(=O)=O)c1)C1CCCCO1. The number of hydrogen-bond donors (Lipinski definition) is 0. The van der Waals surface area contributed by atoms with Gasteiger partial charge in [-0.1, -0.05) is 0 Å². The fraction of sp³-hybridized carbons (Fsp3) is 0.308. The molecular formula is C26H24F4N2O5S. The smallest absolute Gasteiger partial charge is 0.416 e. The highest BCUT2D eigenvalue weighted by atomic mass is 32.2. The van der Waals surface area contributed by atoms with Crippen LogP contribution in [0.15, 0.2) is 59.8 Å². The second-order valence-corrected chi connectivity index (χ2v) is 10.8. The number of aromatic nitrogens is 1. The lowest BCUT2D eigenvalue weighted by Gasteiger charge is -2.35. The zero-order valence-electron chi connectivity index (χ0n) is 20.5. The monoisotopic (exact) mass is 552 g/mol. The van der Waals surface area contributed by atoms with Crippen LogP contribution in [0.1, 0.15) is 35.2 Å². The van der Waals surface area contributed by atoms with Crippen molar-refractivity contribution in [2.45, 2.75) is 36.6 Å². The summed E-state index contributed by atoms with van der Waals surface area (Å²) < 4.78 is 90.5. The second kappa shape index (κ2) is 10.7. The third-order valence-electron chi connectivity index (χ3n) is 6.08. The van der Waals surface area contributed by atoms with Crippen LogP contribution in [0.2, 0.25) is 0 Å². The number of sulfone groups is 1. The van der Waals surface area contributed by atoms with E-state index in [0.29, 0.717) is 42.7 Å². The van der Waals surface area contributed by atoms with Gasteiger partial charge in [-0.3, -0.25) is 14.7 Å². The summed E-state index contributed by atoms with van der Waals surface area (Å²) in [5.41, 5.74) is -0.807. The Hall–Kier alpha value is -3.51. The Morgan fingerprint density at radius 1 is 1.11 bits per heavy atom. The molecule has 0 N–H and O–H groups in total. The van der Waals surface area contributed by atoms with E-state index < -0.39 is 50.0 Å². The van der Waals surface area contributed by atoms with Crippen LogP contribution in [0, 0.1) is 5.82 Å². The largest absolute Gasteiger partial charge is 0.496 e. The quantitative estimate of drug-likeness (QED) is 0.376. The van der Waals surface area contributed by atoms with Gasteiger partial charge >= 0.3 is 6.18 Å². The van der Waals surface area contributed by atoms with Crippen molar-refractivity contribution in [1.29, 1.82) is 0 Å². The van der Waals surface area contributed by atoms with E-state index in [4.69, 9.17) is 9.47 Å². The highest BCUT2D eigenvalue weighted by molar-refractivity contribution is 7.90. The average Bonchev–Trinajstić information content (AvgIpc) is 2.88. The summed E-state index contributed by atoms with van der Waals surface area (Å²) in [6.07, 6.45) is -0.438. The number of alkyl halides is 3. The topological polar surface area (TPSA) is 85.8 Å². The summed E-state index contributed by atoms with van der Waals surface area (Å²) in [5, 5.41) is 0. The first-order chi connectivity index (χ1) is 17.9. The van der Waals surface area contributed by atoms with Crippen molar-refractivity contribution in [1.82, 2.24) is 4.98 Å². The first kappa shape index (κ1) is 27.5. The van der Waals surface area contributed by atoms with Crippen molar-refractivity contribution in [3.05, 3.63) is 71.8 Å². The number of carbonyl (C=O) groups is 1. The molecular weight excluding hydrogens is 528 g/mol. The van der Waals surface area contributed by atoms with Crippen LogP contribution in [0.3, 0.4) is 0 Å². The van der Waals surface area contributed by atoms with Crippen molar-refractivity contribution in [3.8, 4) is 16.9 Å². The zero-order chi connectivity index (χ0) is 27.7. The second-order valence-electron chi connectivity index (χ2n) is 8.75. The van der Waals surface area contributed by atoms with Gasteiger partial charge in [0.2, 0.25) is 0 Å². The maximum atomic E-state index is 14.0. The molecule has 1 aliphatic heterocycles. The summed E-state index contributed by atoms with van der Waals surface area (Å²) in [6, 6.07) is 7.39. The summed E-state index contributed by atoms with van der Waals surface area (Å²) in [4.78, 5) is 18.6. The number of carbonyl (C=O) groups excluding carboxylic acids is 1. The predicted octanol–water partition coefficient (Wildman–Crippen LogP) is 5.49. The van der Waals surface area contributed by atoms with Crippen LogP contribution in [-0.4, -0.2) is 45.5 Å². The van der Waals surface area contributed by atoms with Gasteiger partial charge in [-0.15, -0.1) is 0 Å². The van der Waals surface area contributed by atoms with Gasteiger partial charge in [0.25, 0.3) is 5.91 Å². The van der Waals surface area contributed by atoms with Crippen LogP contribution in [0.4, 0.5) is 23.2 Å². The first-order valence-corrected chi connectivity index (χ1v) is 13.4. The molecule has 1 atom stereocenters. The number of rotatable bonds is 6. The lowest BCUT2D eigenvalue weighted by molar-refractivity contribution is -0.137. The normalized spacial score (nSPS) is 16.2. The van der Waals surface area contributed by atoms with Crippen molar-refractivity contribution < 1.29 is 40.2 Å². The maximum absolute atomic E-state index is 14.0. The molecule has 12 heteroatoms. The van der Waals surface area contributed by atoms with E-state index in [0.717, 1.165) is 24.8 Å². The molecule has 1 aliphatic rings. The number of hydrogen-bond acceptors (Lipinski definition) is 6. The van der Waals surface area contributed by atoms with Crippen molar-refractivity contribution in [3.63, 3.8) is 0 Å². The molecule has 38 heavy (non-hydrogen) atoms. The molecule has 2 heterocycles. The number of anilines is 1. The summed E-state index contributed by atoms with van der Waals surface area (Å²) in [7, 11) is -2.74. The molecule has 1 fully saturated rings. The first-order valence-electron chi connectivity index (χ1n) is 11.6. The lowest BCUT2D eigenvalue weighted by Crippen LogP contribution is -2.44. The highest BCUT2D eigenvalue weighted by Gasteiger charge is 2.36. The molecule has 0 saturated carbocycles. The standard InChI is InChI=1S/C26H24F4N2O5S/c1-36-23-14-18(27)6-7-21(23)20-8-9-31-15-22(20)32(24-5-3-4-10-37-24)25(33)16-11-17(26(28,29)30)13-19(12-16)38(2,34)35/h6-9,11-15,24H,3-5,10H2,1-2H3. The molecule has 4 rings (SSSR count). The van der Waals surface area contributed by atoms with Crippen molar-refractivity contribution in [2.75, 3.05) is 24.9 Å². The summed E-state index contributed by atoms with van der Waals surface area (Å²) >= 11 is 0. The van der Waals surface area contributed by atoms with Crippen LogP contribution < -0.4 is 9.64 Å². The van der Waals surface area contributed by atoms with Crippen molar-refractivity contribution >= 4 is 21.4 Å². The van der Waals surface area contributed by atoms with E-state index in [1.807, 2.05) is 0 Å². The molecule has 0 spiro atoms. The molecule has 0 aliphatic carbocycles. The van der Waals surface area contributed by atoms with Gasteiger partial charge in [0.05, 0.1) is 29.5 Å². The van der Waals surface area contributed by atoms with Gasteiger partial charge in [-0.05, 0) is 55.7 Å². The molecule has 202 valence electrons. The third-order valence-corrected chi connectivity index (χ3v) is 7.18. The van der Waals surface area contributed by atoms with Gasteiger partial charge < -0.3 is 9.47 Å². The molecule has 0 radical (unpaired) electrons. The maximum Gasteiger partial charge on any atom is 0.416 e. The van der Waals surface area contributed by atoms with E-state index in [1.165, 1.54) is 36.5 Å². The number of nitrogens with zero attached hydrogens (tertiary/aromatic N) is 2.